The van der Waals surface area contributed by atoms with E-state index in [-0.39, 0.29) is 23.7 Å². The van der Waals surface area contributed by atoms with E-state index in [2.05, 4.69) is 34.7 Å². The maximum atomic E-state index is 13.0. The summed E-state index contributed by atoms with van der Waals surface area (Å²) in [5.74, 6) is 0.893. The van der Waals surface area contributed by atoms with Gasteiger partial charge in [0.05, 0.1) is 13.2 Å². The van der Waals surface area contributed by atoms with Crippen molar-refractivity contribution in [1.29, 1.82) is 0 Å². The van der Waals surface area contributed by atoms with Crippen LogP contribution in [0.15, 0.2) is 47.3 Å². The molecule has 1 N–H and O–H groups in total. The SMILES string of the molecule is COCCn1nc(C2CCCN(C(=O)NCc3cccc4ccccc34)C2)n(C2CC2)c1=O. The van der Waals surface area contributed by atoms with Crippen LogP contribution in [0.4, 0.5) is 4.79 Å². The first-order valence-electron chi connectivity index (χ1n) is 11.8. The van der Waals surface area contributed by atoms with Crippen LogP contribution in [0, 0.1) is 0 Å². The summed E-state index contributed by atoms with van der Waals surface area (Å²) in [7, 11) is 1.62. The van der Waals surface area contributed by atoms with E-state index in [0.29, 0.717) is 26.2 Å². The largest absolute Gasteiger partial charge is 0.383 e. The van der Waals surface area contributed by atoms with E-state index in [1.165, 1.54) is 10.1 Å². The second-order valence-electron chi connectivity index (χ2n) is 9.04. The van der Waals surface area contributed by atoms with E-state index < -0.39 is 0 Å². The maximum Gasteiger partial charge on any atom is 0.346 e. The van der Waals surface area contributed by atoms with Crippen LogP contribution in [-0.2, 0) is 17.8 Å². The van der Waals surface area contributed by atoms with Gasteiger partial charge in [-0.2, -0.15) is 5.10 Å². The van der Waals surface area contributed by atoms with Crippen molar-refractivity contribution in [1.82, 2.24) is 24.6 Å². The van der Waals surface area contributed by atoms with Crippen LogP contribution in [-0.4, -0.2) is 52.1 Å². The molecule has 0 bridgehead atoms. The minimum Gasteiger partial charge on any atom is -0.383 e. The van der Waals surface area contributed by atoms with E-state index in [9.17, 15) is 9.59 Å². The molecule has 1 aliphatic heterocycles. The van der Waals surface area contributed by atoms with Crippen LogP contribution in [0.3, 0.4) is 0 Å². The number of methoxy groups -OCH3 is 1. The average molecular weight is 450 g/mol. The van der Waals surface area contributed by atoms with E-state index in [0.717, 1.165) is 49.0 Å². The second-order valence-corrected chi connectivity index (χ2v) is 9.04. The lowest BCUT2D eigenvalue weighted by molar-refractivity contribution is 0.176. The number of nitrogens with one attached hydrogen (secondary N) is 1. The highest BCUT2D eigenvalue weighted by atomic mass is 16.5. The molecule has 8 nitrogen and oxygen atoms in total. The number of likely N-dealkylation sites (tertiary alicyclic amines) is 1. The minimum absolute atomic E-state index is 0.0536. The summed E-state index contributed by atoms with van der Waals surface area (Å²) in [6.45, 7) is 2.68. The quantitative estimate of drug-likeness (QED) is 0.600. The van der Waals surface area contributed by atoms with E-state index in [1.54, 1.807) is 7.11 Å². The van der Waals surface area contributed by atoms with Gasteiger partial charge >= 0.3 is 11.7 Å². The molecule has 1 saturated heterocycles. The Morgan fingerprint density at radius 1 is 1.15 bits per heavy atom. The molecule has 2 heterocycles. The fraction of sp³-hybridized carbons (Fsp3) is 0.480. The third-order valence-electron chi connectivity index (χ3n) is 6.70. The molecule has 1 saturated carbocycles. The van der Waals surface area contributed by atoms with Gasteiger partial charge in [0, 0.05) is 38.7 Å². The Morgan fingerprint density at radius 3 is 2.79 bits per heavy atom. The van der Waals surface area contributed by atoms with Crippen LogP contribution in [0.25, 0.3) is 10.8 Å². The predicted octanol–water partition coefficient (Wildman–Crippen LogP) is 3.27. The number of nitrogens with zero attached hydrogens (tertiary/aromatic N) is 4. The van der Waals surface area contributed by atoms with Crippen molar-refractivity contribution < 1.29 is 9.53 Å². The Balaban J connectivity index is 1.29. The van der Waals surface area contributed by atoms with Crippen molar-refractivity contribution in [3.63, 3.8) is 0 Å². The number of hydrogen-bond donors (Lipinski definition) is 1. The molecule has 5 rings (SSSR count). The second kappa shape index (κ2) is 9.39. The first-order valence-corrected chi connectivity index (χ1v) is 11.8. The lowest BCUT2D eigenvalue weighted by Gasteiger charge is -2.32. The Bertz CT molecular complexity index is 1190. The molecule has 8 heteroatoms. The first-order chi connectivity index (χ1) is 16.2. The fourth-order valence-corrected chi connectivity index (χ4v) is 4.82. The number of amides is 2. The van der Waals surface area contributed by atoms with Gasteiger partial charge in [-0.3, -0.25) is 4.57 Å². The molecule has 3 aromatic rings. The molecule has 2 aromatic carbocycles. The van der Waals surface area contributed by atoms with E-state index >= 15 is 0 Å². The smallest absolute Gasteiger partial charge is 0.346 e. The Hall–Kier alpha value is -3.13. The lowest BCUT2D eigenvalue weighted by atomic mass is 9.97. The van der Waals surface area contributed by atoms with Gasteiger partial charge in [-0.1, -0.05) is 42.5 Å². The topological polar surface area (TPSA) is 81.4 Å². The van der Waals surface area contributed by atoms with Gasteiger partial charge in [0.2, 0.25) is 0 Å². The summed E-state index contributed by atoms with van der Waals surface area (Å²) in [6, 6.07) is 14.6. The summed E-state index contributed by atoms with van der Waals surface area (Å²) in [5.41, 5.74) is 1.05. The van der Waals surface area contributed by atoms with Crippen LogP contribution < -0.4 is 11.0 Å². The highest BCUT2D eigenvalue weighted by Gasteiger charge is 2.35. The Labute approximate surface area is 193 Å². The van der Waals surface area contributed by atoms with Crippen molar-refractivity contribution in [2.24, 2.45) is 0 Å². The molecular formula is C25H31N5O3. The number of piperidine rings is 1. The van der Waals surface area contributed by atoms with Crippen LogP contribution in [0.5, 0.6) is 0 Å². The van der Waals surface area contributed by atoms with E-state index in [4.69, 9.17) is 4.74 Å². The molecule has 174 valence electrons. The lowest BCUT2D eigenvalue weighted by Crippen LogP contribution is -2.45. The molecule has 1 unspecified atom stereocenters. The van der Waals surface area contributed by atoms with Gasteiger partial charge in [0.15, 0.2) is 0 Å². The molecule has 2 fully saturated rings. The number of urea groups is 1. The van der Waals surface area contributed by atoms with Crippen LogP contribution in [0.2, 0.25) is 0 Å². The minimum atomic E-state index is -0.0632. The summed E-state index contributed by atoms with van der Waals surface area (Å²) >= 11 is 0. The zero-order valence-electron chi connectivity index (χ0n) is 19.1. The normalized spacial score (nSPS) is 18.6. The number of aromatic nitrogens is 3. The molecule has 0 radical (unpaired) electrons. The van der Waals surface area contributed by atoms with Gasteiger partial charge < -0.3 is 15.0 Å². The maximum absolute atomic E-state index is 13.0. The highest BCUT2D eigenvalue weighted by molar-refractivity contribution is 5.86. The molecule has 0 spiro atoms. The molecule has 2 amide bonds. The number of hydrogen-bond acceptors (Lipinski definition) is 4. The van der Waals surface area contributed by atoms with Crippen molar-refractivity contribution >= 4 is 16.8 Å². The van der Waals surface area contributed by atoms with Gasteiger partial charge in [-0.15, -0.1) is 0 Å². The molecule has 2 aliphatic rings. The van der Waals surface area contributed by atoms with Crippen molar-refractivity contribution in [2.45, 2.75) is 50.7 Å². The van der Waals surface area contributed by atoms with Gasteiger partial charge in [0.25, 0.3) is 0 Å². The fourth-order valence-electron chi connectivity index (χ4n) is 4.82. The van der Waals surface area contributed by atoms with Crippen LogP contribution in [0.1, 0.15) is 49.0 Å². The predicted molar refractivity (Wildman–Crippen MR) is 126 cm³/mol. The van der Waals surface area contributed by atoms with Gasteiger partial charge in [0.1, 0.15) is 5.82 Å². The molecule has 1 aliphatic carbocycles. The molecule has 1 atom stereocenters. The van der Waals surface area contributed by atoms with Gasteiger partial charge in [-0.25, -0.2) is 14.3 Å². The third-order valence-corrected chi connectivity index (χ3v) is 6.70. The zero-order valence-corrected chi connectivity index (χ0v) is 19.1. The monoisotopic (exact) mass is 449 g/mol. The number of carbonyl (C=O) groups excluding carboxylic acids is 1. The molecular weight excluding hydrogens is 418 g/mol. The Morgan fingerprint density at radius 2 is 1.97 bits per heavy atom. The first kappa shape index (κ1) is 21.7. The van der Waals surface area contributed by atoms with E-state index in [1.807, 2.05) is 27.7 Å². The van der Waals surface area contributed by atoms with Crippen LogP contribution >= 0.6 is 0 Å². The average Bonchev–Trinajstić information content (AvgIpc) is 3.64. The standard InChI is InChI=1S/C25H31N5O3/c1-33-15-14-29-25(32)30(21-11-12-21)23(27-29)20-9-5-13-28(17-20)24(31)26-16-19-8-4-7-18-6-2-3-10-22(18)19/h2-4,6-8,10,20-21H,5,9,11-17H2,1H3,(H,26,31). The number of fused-ring (bicyclic) bond motifs is 1. The number of rotatable bonds is 7. The number of carbonyl (C=O) groups is 1. The third kappa shape index (κ3) is 4.53. The summed E-state index contributed by atoms with van der Waals surface area (Å²) in [5, 5.41) is 10.1. The number of ether oxygens (including phenoxy) is 1. The molecule has 33 heavy (non-hydrogen) atoms. The summed E-state index contributed by atoms with van der Waals surface area (Å²) in [6.07, 6.45) is 3.87. The Kier molecular flexibility index (Phi) is 6.17. The van der Waals surface area contributed by atoms with Crippen molar-refractivity contribution in [3.05, 3.63) is 64.3 Å². The molecule has 1 aromatic heterocycles. The summed E-state index contributed by atoms with van der Waals surface area (Å²) < 4.78 is 8.54. The summed E-state index contributed by atoms with van der Waals surface area (Å²) in [4.78, 5) is 27.8. The zero-order chi connectivity index (χ0) is 22.8. The van der Waals surface area contributed by atoms with Crippen molar-refractivity contribution in [2.75, 3.05) is 26.8 Å². The van der Waals surface area contributed by atoms with Crippen molar-refractivity contribution in [3.8, 4) is 0 Å². The highest BCUT2D eigenvalue weighted by Crippen LogP contribution is 2.37. The van der Waals surface area contributed by atoms with Gasteiger partial charge in [-0.05, 0) is 42.0 Å². The number of benzene rings is 2.